The lowest BCUT2D eigenvalue weighted by molar-refractivity contribution is 0.565. The van der Waals surface area contributed by atoms with Gasteiger partial charge in [0.25, 0.3) is 0 Å². The lowest BCUT2D eigenvalue weighted by Crippen LogP contribution is -2.18. The molecule has 2 aromatic rings. The van der Waals surface area contributed by atoms with Crippen molar-refractivity contribution < 1.29 is 0 Å². The van der Waals surface area contributed by atoms with E-state index < -0.39 is 0 Å². The van der Waals surface area contributed by atoms with E-state index in [-0.39, 0.29) is 0 Å². The molecular weight excluding hydrogens is 296 g/mol. The van der Waals surface area contributed by atoms with Crippen LogP contribution in [0.15, 0.2) is 10.8 Å². The summed E-state index contributed by atoms with van der Waals surface area (Å²) in [6.07, 6.45) is 1.70. The zero-order valence-electron chi connectivity index (χ0n) is 10.8. The van der Waals surface area contributed by atoms with Crippen LogP contribution in [0.1, 0.15) is 24.1 Å². The molecule has 2 rings (SSSR count). The highest BCUT2D eigenvalue weighted by atomic mass is 79.9. The second kappa shape index (κ2) is 5.62. The smallest absolute Gasteiger partial charge is 0.146 e. The molecule has 6 nitrogen and oxygen atoms in total. The molecule has 0 aliphatic carbocycles. The molecule has 2 aromatic heterocycles. The van der Waals surface area contributed by atoms with Crippen molar-refractivity contribution in [2.45, 2.75) is 33.5 Å². The predicted octanol–water partition coefficient (Wildman–Crippen LogP) is 1.39. The highest BCUT2D eigenvalue weighted by Gasteiger charge is 2.11. The summed E-state index contributed by atoms with van der Waals surface area (Å²) in [7, 11) is 1.94. The van der Waals surface area contributed by atoms with E-state index in [2.05, 4.69) is 43.5 Å². The highest BCUT2D eigenvalue weighted by molar-refractivity contribution is 9.10. The number of rotatable bonds is 5. The number of nitrogens with one attached hydrogen (secondary N) is 1. The molecule has 0 spiro atoms. The van der Waals surface area contributed by atoms with Gasteiger partial charge in [-0.25, -0.2) is 0 Å². The highest BCUT2D eigenvalue weighted by Crippen LogP contribution is 2.20. The Morgan fingerprint density at radius 1 is 1.39 bits per heavy atom. The molecule has 0 unspecified atom stereocenters. The third-order valence-electron chi connectivity index (χ3n) is 2.83. The Morgan fingerprint density at radius 2 is 2.17 bits per heavy atom. The molecule has 0 fully saturated rings. The van der Waals surface area contributed by atoms with Gasteiger partial charge in [-0.3, -0.25) is 4.68 Å². The average Bonchev–Trinajstić information content (AvgIpc) is 2.87. The van der Waals surface area contributed by atoms with E-state index in [0.29, 0.717) is 6.54 Å². The second-order valence-electron chi connectivity index (χ2n) is 4.12. The van der Waals surface area contributed by atoms with Crippen LogP contribution in [0, 0.1) is 6.92 Å². The number of aryl methyl sites for hydroxylation is 3. The summed E-state index contributed by atoms with van der Waals surface area (Å²) in [5, 5.41) is 15.7. The van der Waals surface area contributed by atoms with Crippen LogP contribution in [0.4, 0.5) is 0 Å². The normalized spacial score (nSPS) is 11.1. The van der Waals surface area contributed by atoms with Gasteiger partial charge in [-0.2, -0.15) is 5.10 Å². The van der Waals surface area contributed by atoms with Crippen molar-refractivity contribution in [2.24, 2.45) is 7.05 Å². The largest absolute Gasteiger partial charge is 0.320 e. The summed E-state index contributed by atoms with van der Waals surface area (Å²) < 4.78 is 4.99. The minimum Gasteiger partial charge on any atom is -0.320 e. The Balaban J connectivity index is 2.00. The quantitative estimate of drug-likeness (QED) is 0.906. The van der Waals surface area contributed by atoms with Gasteiger partial charge in [0.1, 0.15) is 12.2 Å². The summed E-state index contributed by atoms with van der Waals surface area (Å²) in [4.78, 5) is 0. The summed E-state index contributed by atoms with van der Waals surface area (Å²) in [5.74, 6) is 0.922. The van der Waals surface area contributed by atoms with Crippen molar-refractivity contribution in [2.75, 3.05) is 0 Å². The number of hydrogen-bond acceptors (Lipinski definition) is 4. The van der Waals surface area contributed by atoms with E-state index in [9.17, 15) is 0 Å². The maximum absolute atomic E-state index is 4.46. The number of halogens is 1. The summed E-state index contributed by atoms with van der Waals surface area (Å²) in [6.45, 7) is 6.40. The van der Waals surface area contributed by atoms with Gasteiger partial charge in [-0.15, -0.1) is 10.2 Å². The molecule has 0 aliphatic heterocycles. The lowest BCUT2D eigenvalue weighted by Gasteiger charge is -2.07. The van der Waals surface area contributed by atoms with Gasteiger partial charge in [0, 0.05) is 20.1 Å². The van der Waals surface area contributed by atoms with Crippen LogP contribution in [0.25, 0.3) is 0 Å². The maximum Gasteiger partial charge on any atom is 0.146 e. The zero-order chi connectivity index (χ0) is 13.1. The summed E-state index contributed by atoms with van der Waals surface area (Å²) in [6, 6.07) is 0. The Kier molecular flexibility index (Phi) is 4.13. The molecule has 98 valence electrons. The van der Waals surface area contributed by atoms with Crippen molar-refractivity contribution in [3.05, 3.63) is 28.0 Å². The van der Waals surface area contributed by atoms with Crippen LogP contribution in [0.3, 0.4) is 0 Å². The molecule has 0 amide bonds. The Morgan fingerprint density at radius 3 is 2.78 bits per heavy atom. The minimum absolute atomic E-state index is 0.691. The van der Waals surface area contributed by atoms with Gasteiger partial charge >= 0.3 is 0 Å². The first-order chi connectivity index (χ1) is 8.63. The predicted molar refractivity (Wildman–Crippen MR) is 71.9 cm³/mol. The van der Waals surface area contributed by atoms with Crippen molar-refractivity contribution in [1.82, 2.24) is 29.9 Å². The monoisotopic (exact) mass is 312 g/mol. The molecule has 0 aromatic carbocycles. The van der Waals surface area contributed by atoms with Gasteiger partial charge in [-0.1, -0.05) is 0 Å². The first-order valence-corrected chi connectivity index (χ1v) is 6.68. The third kappa shape index (κ3) is 2.62. The molecule has 0 bridgehead atoms. The van der Waals surface area contributed by atoms with Crippen LogP contribution in [-0.4, -0.2) is 24.5 Å². The first kappa shape index (κ1) is 13.2. The summed E-state index contributed by atoms with van der Waals surface area (Å²) >= 11 is 3.58. The number of nitrogens with zero attached hydrogens (tertiary/aromatic N) is 5. The molecular formula is C11H17BrN6. The number of hydrogen-bond donors (Lipinski definition) is 1. The van der Waals surface area contributed by atoms with Crippen LogP contribution in [0.2, 0.25) is 0 Å². The van der Waals surface area contributed by atoms with Gasteiger partial charge in [0.15, 0.2) is 0 Å². The summed E-state index contributed by atoms with van der Waals surface area (Å²) in [5.41, 5.74) is 2.18. The minimum atomic E-state index is 0.691. The first-order valence-electron chi connectivity index (χ1n) is 5.88. The Labute approximate surface area is 115 Å². The molecule has 0 atom stereocenters. The molecule has 1 N–H and O–H groups in total. The van der Waals surface area contributed by atoms with Crippen LogP contribution in [0.5, 0.6) is 0 Å². The fourth-order valence-electron chi connectivity index (χ4n) is 1.80. The SMILES string of the molecule is CCn1nc(C)c(Br)c1CNCc1nncn1C. The van der Waals surface area contributed by atoms with Crippen molar-refractivity contribution in [3.8, 4) is 0 Å². The van der Waals surface area contributed by atoms with E-state index in [1.165, 1.54) is 0 Å². The van der Waals surface area contributed by atoms with Crippen molar-refractivity contribution in [3.63, 3.8) is 0 Å². The Bertz CT molecular complexity index is 530. The van der Waals surface area contributed by atoms with E-state index >= 15 is 0 Å². The molecule has 18 heavy (non-hydrogen) atoms. The second-order valence-corrected chi connectivity index (χ2v) is 4.92. The maximum atomic E-state index is 4.46. The van der Waals surface area contributed by atoms with Crippen molar-refractivity contribution >= 4 is 15.9 Å². The zero-order valence-corrected chi connectivity index (χ0v) is 12.4. The lowest BCUT2D eigenvalue weighted by atomic mass is 10.3. The van der Waals surface area contributed by atoms with Gasteiger partial charge in [-0.05, 0) is 29.8 Å². The fourth-order valence-corrected chi connectivity index (χ4v) is 2.22. The molecule has 0 saturated carbocycles. The molecule has 0 aliphatic rings. The number of aromatic nitrogens is 5. The van der Waals surface area contributed by atoms with Crippen molar-refractivity contribution in [1.29, 1.82) is 0 Å². The fraction of sp³-hybridized carbons (Fsp3) is 0.545. The van der Waals surface area contributed by atoms with E-state index in [1.807, 2.05) is 23.2 Å². The van der Waals surface area contributed by atoms with Crippen LogP contribution >= 0.6 is 15.9 Å². The van der Waals surface area contributed by atoms with E-state index in [4.69, 9.17) is 0 Å². The molecule has 7 heteroatoms. The molecule has 2 heterocycles. The average molecular weight is 313 g/mol. The van der Waals surface area contributed by atoms with E-state index in [1.54, 1.807) is 6.33 Å². The molecule has 0 radical (unpaired) electrons. The topological polar surface area (TPSA) is 60.6 Å². The van der Waals surface area contributed by atoms with Crippen LogP contribution < -0.4 is 5.32 Å². The standard InChI is InChI=1S/C11H17BrN6/c1-4-18-9(11(12)8(2)16-18)5-13-6-10-15-14-7-17(10)3/h7,13H,4-6H2,1-3H3. The molecule has 0 saturated heterocycles. The van der Waals surface area contributed by atoms with E-state index in [0.717, 1.165) is 34.8 Å². The third-order valence-corrected chi connectivity index (χ3v) is 3.87. The van der Waals surface area contributed by atoms with Gasteiger partial charge < -0.3 is 9.88 Å². The Hall–Kier alpha value is -1.21. The van der Waals surface area contributed by atoms with Crippen LogP contribution in [-0.2, 0) is 26.7 Å². The van der Waals surface area contributed by atoms with Gasteiger partial charge in [0.2, 0.25) is 0 Å². The van der Waals surface area contributed by atoms with Gasteiger partial charge in [0.05, 0.1) is 22.4 Å².